The standard InChI is InChI=1S/C12H17F3N4O2/c1-16-8-5-9(19-10(18-8)12(13,14)15)17-6-11(20-2)3-4-21-7-11/h5H,3-4,6-7H2,1-2H3,(H2,16,17,18,19). The summed E-state index contributed by atoms with van der Waals surface area (Å²) in [5, 5.41) is 5.45. The molecule has 0 bridgehead atoms. The van der Waals surface area contributed by atoms with E-state index < -0.39 is 17.6 Å². The number of anilines is 2. The van der Waals surface area contributed by atoms with Crippen molar-refractivity contribution in [2.24, 2.45) is 0 Å². The van der Waals surface area contributed by atoms with Crippen LogP contribution in [-0.2, 0) is 15.7 Å². The molecule has 1 atom stereocenters. The van der Waals surface area contributed by atoms with Crippen LogP contribution in [0.5, 0.6) is 0 Å². The second-order valence-corrected chi connectivity index (χ2v) is 4.75. The van der Waals surface area contributed by atoms with E-state index in [0.717, 1.165) is 0 Å². The number of nitrogens with one attached hydrogen (secondary N) is 2. The van der Waals surface area contributed by atoms with Crippen molar-refractivity contribution in [1.82, 2.24) is 9.97 Å². The molecule has 0 aliphatic carbocycles. The fourth-order valence-electron chi connectivity index (χ4n) is 2.01. The Labute approximate surface area is 120 Å². The van der Waals surface area contributed by atoms with Crippen molar-refractivity contribution >= 4 is 11.6 Å². The van der Waals surface area contributed by atoms with Crippen LogP contribution < -0.4 is 10.6 Å². The van der Waals surface area contributed by atoms with Crippen LogP contribution in [0.2, 0.25) is 0 Å². The molecule has 2 heterocycles. The molecule has 21 heavy (non-hydrogen) atoms. The highest BCUT2D eigenvalue weighted by Gasteiger charge is 2.37. The number of halogens is 3. The summed E-state index contributed by atoms with van der Waals surface area (Å²) in [5.41, 5.74) is -0.539. The summed E-state index contributed by atoms with van der Waals surface area (Å²) in [6.45, 7) is 1.27. The van der Waals surface area contributed by atoms with E-state index in [4.69, 9.17) is 9.47 Å². The van der Waals surface area contributed by atoms with E-state index in [1.165, 1.54) is 13.1 Å². The van der Waals surface area contributed by atoms with Gasteiger partial charge in [-0.1, -0.05) is 0 Å². The summed E-state index contributed by atoms with van der Waals surface area (Å²) < 4.78 is 48.9. The van der Waals surface area contributed by atoms with Gasteiger partial charge >= 0.3 is 6.18 Å². The molecule has 1 fully saturated rings. The van der Waals surface area contributed by atoms with Crippen molar-refractivity contribution in [3.8, 4) is 0 Å². The Morgan fingerprint density at radius 2 is 2.10 bits per heavy atom. The van der Waals surface area contributed by atoms with Gasteiger partial charge in [-0.3, -0.25) is 0 Å². The van der Waals surface area contributed by atoms with Gasteiger partial charge in [0.05, 0.1) is 6.61 Å². The SMILES string of the molecule is CNc1cc(NCC2(OC)CCOC2)nc(C(F)(F)F)n1. The van der Waals surface area contributed by atoms with Crippen molar-refractivity contribution in [2.75, 3.05) is 44.5 Å². The van der Waals surface area contributed by atoms with Gasteiger partial charge in [0.2, 0.25) is 5.82 Å². The number of aromatic nitrogens is 2. The molecule has 0 saturated carbocycles. The molecule has 9 heteroatoms. The first kappa shape index (κ1) is 15.8. The molecular weight excluding hydrogens is 289 g/mol. The third kappa shape index (κ3) is 3.73. The third-order valence-electron chi connectivity index (χ3n) is 3.33. The average molecular weight is 306 g/mol. The molecule has 1 aliphatic heterocycles. The lowest BCUT2D eigenvalue weighted by molar-refractivity contribution is -0.144. The Hall–Kier alpha value is -1.61. The maximum atomic E-state index is 12.7. The molecule has 2 rings (SSSR count). The molecule has 1 unspecified atom stereocenters. The van der Waals surface area contributed by atoms with Crippen LogP contribution in [0.25, 0.3) is 0 Å². The maximum Gasteiger partial charge on any atom is 0.451 e. The maximum absolute atomic E-state index is 12.7. The zero-order valence-corrected chi connectivity index (χ0v) is 11.8. The van der Waals surface area contributed by atoms with Crippen LogP contribution in [0.4, 0.5) is 24.8 Å². The van der Waals surface area contributed by atoms with Gasteiger partial charge in [0.1, 0.15) is 17.2 Å². The molecule has 2 N–H and O–H groups in total. The lowest BCUT2D eigenvalue weighted by atomic mass is 10.0. The molecule has 0 radical (unpaired) electrons. The van der Waals surface area contributed by atoms with Crippen LogP contribution in [-0.4, -0.2) is 49.5 Å². The molecule has 118 valence electrons. The Bertz CT molecular complexity index is 490. The molecule has 0 aromatic carbocycles. The minimum Gasteiger partial charge on any atom is -0.378 e. The van der Waals surface area contributed by atoms with E-state index in [1.807, 2.05) is 0 Å². The van der Waals surface area contributed by atoms with Crippen LogP contribution in [0, 0.1) is 0 Å². The number of ether oxygens (including phenoxy) is 2. The second kappa shape index (κ2) is 6.02. The van der Waals surface area contributed by atoms with Crippen molar-refractivity contribution in [2.45, 2.75) is 18.2 Å². The van der Waals surface area contributed by atoms with Gasteiger partial charge in [-0.2, -0.15) is 13.2 Å². The van der Waals surface area contributed by atoms with E-state index in [9.17, 15) is 13.2 Å². The zero-order valence-electron chi connectivity index (χ0n) is 11.8. The van der Waals surface area contributed by atoms with E-state index in [1.54, 1.807) is 7.11 Å². The van der Waals surface area contributed by atoms with Crippen molar-refractivity contribution in [3.05, 3.63) is 11.9 Å². The van der Waals surface area contributed by atoms with Crippen LogP contribution in [0.15, 0.2) is 6.07 Å². The quantitative estimate of drug-likeness (QED) is 0.864. The average Bonchev–Trinajstić information content (AvgIpc) is 2.93. The van der Waals surface area contributed by atoms with Gasteiger partial charge in [-0.15, -0.1) is 0 Å². The van der Waals surface area contributed by atoms with Crippen molar-refractivity contribution in [1.29, 1.82) is 0 Å². The van der Waals surface area contributed by atoms with Crippen LogP contribution >= 0.6 is 0 Å². The Kier molecular flexibility index (Phi) is 4.52. The Morgan fingerprint density at radius 1 is 1.38 bits per heavy atom. The molecule has 1 aromatic heterocycles. The predicted molar refractivity (Wildman–Crippen MR) is 70.2 cm³/mol. The summed E-state index contributed by atoms with van der Waals surface area (Å²) in [6.07, 6.45) is -3.93. The summed E-state index contributed by atoms with van der Waals surface area (Å²) in [4.78, 5) is 6.89. The molecular formula is C12H17F3N4O2. The van der Waals surface area contributed by atoms with E-state index in [0.29, 0.717) is 26.2 Å². The minimum atomic E-state index is -4.60. The first-order valence-corrected chi connectivity index (χ1v) is 6.39. The van der Waals surface area contributed by atoms with Crippen molar-refractivity contribution in [3.63, 3.8) is 0 Å². The third-order valence-corrected chi connectivity index (χ3v) is 3.33. The monoisotopic (exact) mass is 306 g/mol. The molecule has 6 nitrogen and oxygen atoms in total. The summed E-state index contributed by atoms with van der Waals surface area (Å²) in [5.74, 6) is -1.01. The minimum absolute atomic E-state index is 0.0880. The highest BCUT2D eigenvalue weighted by Crippen LogP contribution is 2.29. The number of rotatable bonds is 5. The second-order valence-electron chi connectivity index (χ2n) is 4.75. The van der Waals surface area contributed by atoms with E-state index >= 15 is 0 Å². The van der Waals surface area contributed by atoms with Gasteiger partial charge in [-0.05, 0) is 0 Å². The van der Waals surface area contributed by atoms with E-state index in [2.05, 4.69) is 20.6 Å². The Balaban J connectivity index is 2.15. The fourth-order valence-corrected chi connectivity index (χ4v) is 2.01. The molecule has 1 saturated heterocycles. The van der Waals surface area contributed by atoms with Gasteiger partial charge in [0.15, 0.2) is 0 Å². The number of nitrogens with zero attached hydrogens (tertiary/aromatic N) is 2. The normalized spacial score (nSPS) is 22.3. The molecule has 1 aromatic rings. The van der Waals surface area contributed by atoms with Gasteiger partial charge < -0.3 is 20.1 Å². The Morgan fingerprint density at radius 3 is 2.62 bits per heavy atom. The zero-order chi connectivity index (χ0) is 15.5. The highest BCUT2D eigenvalue weighted by molar-refractivity contribution is 5.47. The van der Waals surface area contributed by atoms with Gasteiger partial charge in [-0.25, -0.2) is 9.97 Å². The van der Waals surface area contributed by atoms with E-state index in [-0.39, 0.29) is 11.6 Å². The molecule has 1 aliphatic rings. The summed E-state index contributed by atoms with van der Waals surface area (Å²) in [7, 11) is 3.05. The van der Waals surface area contributed by atoms with Gasteiger partial charge in [0, 0.05) is 39.8 Å². The summed E-state index contributed by atoms with van der Waals surface area (Å²) in [6, 6.07) is 1.41. The first-order valence-electron chi connectivity index (χ1n) is 6.39. The first-order chi connectivity index (χ1) is 9.88. The predicted octanol–water partition coefficient (Wildman–Crippen LogP) is 1.75. The molecule has 0 amide bonds. The van der Waals surface area contributed by atoms with Crippen LogP contribution in [0.3, 0.4) is 0 Å². The topological polar surface area (TPSA) is 68.3 Å². The fraction of sp³-hybridized carbons (Fsp3) is 0.667. The lowest BCUT2D eigenvalue weighted by Gasteiger charge is -2.26. The number of alkyl halides is 3. The molecule has 0 spiro atoms. The number of hydrogen-bond acceptors (Lipinski definition) is 6. The van der Waals surface area contributed by atoms with Crippen LogP contribution in [0.1, 0.15) is 12.2 Å². The largest absolute Gasteiger partial charge is 0.451 e. The number of hydrogen-bond donors (Lipinski definition) is 2. The van der Waals surface area contributed by atoms with Crippen molar-refractivity contribution < 1.29 is 22.6 Å². The summed E-state index contributed by atoms with van der Waals surface area (Å²) >= 11 is 0. The highest BCUT2D eigenvalue weighted by atomic mass is 19.4. The lowest BCUT2D eigenvalue weighted by Crippen LogP contribution is -2.39. The smallest absolute Gasteiger partial charge is 0.378 e. The number of methoxy groups -OCH3 is 1. The van der Waals surface area contributed by atoms with Gasteiger partial charge in [0.25, 0.3) is 0 Å².